The summed E-state index contributed by atoms with van der Waals surface area (Å²) in [5.41, 5.74) is 1.20. The first-order valence-corrected chi connectivity index (χ1v) is 5.19. The summed E-state index contributed by atoms with van der Waals surface area (Å²) in [7, 11) is 1.97. The maximum absolute atomic E-state index is 4.24. The fourth-order valence-electron chi connectivity index (χ4n) is 1.23. The third-order valence-electron chi connectivity index (χ3n) is 1.88. The Hall–Kier alpha value is -0.670. The quantitative estimate of drug-likeness (QED) is 0.749. The van der Waals surface area contributed by atoms with Crippen LogP contribution in [0.2, 0.25) is 0 Å². The summed E-state index contributed by atoms with van der Waals surface area (Å²) in [5.74, 6) is 0. The van der Waals surface area contributed by atoms with Crippen molar-refractivity contribution in [2.45, 2.75) is 26.3 Å². The van der Waals surface area contributed by atoms with Crippen LogP contribution in [0.1, 0.15) is 29.3 Å². The monoisotopic (exact) mass is 196 g/mol. The van der Waals surface area contributed by atoms with Gasteiger partial charge in [0.1, 0.15) is 0 Å². The van der Waals surface area contributed by atoms with E-state index >= 15 is 0 Å². The zero-order valence-electron chi connectivity index (χ0n) is 8.42. The SMILES string of the molecule is C=C(C)CC(NC)c1cnc(C)s1. The maximum atomic E-state index is 4.24. The zero-order chi connectivity index (χ0) is 9.84. The highest BCUT2D eigenvalue weighted by Crippen LogP contribution is 2.24. The molecule has 0 aliphatic rings. The van der Waals surface area contributed by atoms with Crippen molar-refractivity contribution in [3.8, 4) is 0 Å². The van der Waals surface area contributed by atoms with Crippen molar-refractivity contribution < 1.29 is 0 Å². The van der Waals surface area contributed by atoms with E-state index in [4.69, 9.17) is 0 Å². The molecule has 1 unspecified atom stereocenters. The Morgan fingerprint density at radius 2 is 2.46 bits per heavy atom. The van der Waals surface area contributed by atoms with E-state index in [0.717, 1.165) is 11.4 Å². The molecule has 1 heterocycles. The van der Waals surface area contributed by atoms with Crippen LogP contribution < -0.4 is 5.32 Å². The first-order chi connectivity index (χ1) is 6.13. The number of nitrogens with zero attached hydrogens (tertiary/aromatic N) is 1. The molecule has 1 aromatic heterocycles. The van der Waals surface area contributed by atoms with E-state index in [-0.39, 0.29) is 0 Å². The van der Waals surface area contributed by atoms with Gasteiger partial charge in [0.2, 0.25) is 0 Å². The number of hydrogen-bond acceptors (Lipinski definition) is 3. The Kier molecular flexibility index (Phi) is 3.63. The average Bonchev–Trinajstić information content (AvgIpc) is 2.47. The molecule has 3 heteroatoms. The summed E-state index contributed by atoms with van der Waals surface area (Å²) in [4.78, 5) is 5.54. The largest absolute Gasteiger partial charge is 0.312 e. The molecule has 1 rings (SSSR count). The first-order valence-electron chi connectivity index (χ1n) is 4.37. The standard InChI is InChI=1S/C10H16N2S/c1-7(2)5-9(11-4)10-6-12-8(3)13-10/h6,9,11H,1,5H2,2-4H3. The van der Waals surface area contributed by atoms with Gasteiger partial charge in [-0.15, -0.1) is 17.9 Å². The summed E-state index contributed by atoms with van der Waals surface area (Å²) < 4.78 is 0. The van der Waals surface area contributed by atoms with Crippen molar-refractivity contribution in [1.29, 1.82) is 0 Å². The lowest BCUT2D eigenvalue weighted by atomic mass is 10.1. The van der Waals surface area contributed by atoms with E-state index in [1.54, 1.807) is 11.3 Å². The second-order valence-corrected chi connectivity index (χ2v) is 4.55. The smallest absolute Gasteiger partial charge is 0.0897 e. The third kappa shape index (κ3) is 2.94. The molecule has 0 aromatic carbocycles. The number of rotatable bonds is 4. The van der Waals surface area contributed by atoms with E-state index in [1.807, 2.05) is 20.2 Å². The van der Waals surface area contributed by atoms with Gasteiger partial charge in [-0.2, -0.15) is 0 Å². The number of thiazole rings is 1. The molecule has 1 aromatic rings. The number of hydrogen-bond donors (Lipinski definition) is 1. The Morgan fingerprint density at radius 3 is 2.85 bits per heavy atom. The lowest BCUT2D eigenvalue weighted by Crippen LogP contribution is -2.15. The molecule has 1 N–H and O–H groups in total. The van der Waals surface area contributed by atoms with Crippen LogP contribution in [0.15, 0.2) is 18.3 Å². The van der Waals surface area contributed by atoms with Crippen LogP contribution >= 0.6 is 11.3 Å². The highest BCUT2D eigenvalue weighted by Gasteiger charge is 2.11. The molecule has 0 fully saturated rings. The van der Waals surface area contributed by atoms with Crippen molar-refractivity contribution in [1.82, 2.24) is 10.3 Å². The minimum atomic E-state index is 0.378. The second kappa shape index (κ2) is 4.53. The number of nitrogens with one attached hydrogen (secondary N) is 1. The predicted molar refractivity (Wildman–Crippen MR) is 58.1 cm³/mol. The van der Waals surface area contributed by atoms with Gasteiger partial charge in [-0.05, 0) is 27.3 Å². The van der Waals surface area contributed by atoms with Gasteiger partial charge in [0.05, 0.1) is 5.01 Å². The molecule has 0 saturated heterocycles. The van der Waals surface area contributed by atoms with E-state index in [2.05, 4.69) is 23.8 Å². The van der Waals surface area contributed by atoms with Gasteiger partial charge in [0, 0.05) is 17.1 Å². The van der Waals surface area contributed by atoms with Crippen molar-refractivity contribution in [2.75, 3.05) is 7.05 Å². The molecule has 0 radical (unpaired) electrons. The minimum absolute atomic E-state index is 0.378. The van der Waals surface area contributed by atoms with Crippen LogP contribution in [0.25, 0.3) is 0 Å². The molecule has 13 heavy (non-hydrogen) atoms. The summed E-state index contributed by atoms with van der Waals surface area (Å²) in [6.45, 7) is 8.00. The average molecular weight is 196 g/mol. The van der Waals surface area contributed by atoms with Crippen LogP contribution in [-0.4, -0.2) is 12.0 Å². The van der Waals surface area contributed by atoms with Crippen molar-refractivity contribution in [3.63, 3.8) is 0 Å². The van der Waals surface area contributed by atoms with Gasteiger partial charge < -0.3 is 5.32 Å². The fraction of sp³-hybridized carbons (Fsp3) is 0.500. The molecule has 0 aliphatic heterocycles. The Balaban J connectivity index is 2.72. The van der Waals surface area contributed by atoms with Gasteiger partial charge in [-0.1, -0.05) is 5.57 Å². The molecule has 72 valence electrons. The van der Waals surface area contributed by atoms with E-state index in [9.17, 15) is 0 Å². The van der Waals surface area contributed by atoms with Crippen LogP contribution in [-0.2, 0) is 0 Å². The summed E-state index contributed by atoms with van der Waals surface area (Å²) in [6.07, 6.45) is 2.93. The second-order valence-electron chi connectivity index (χ2n) is 3.28. The minimum Gasteiger partial charge on any atom is -0.312 e. The van der Waals surface area contributed by atoms with E-state index in [1.165, 1.54) is 10.5 Å². The van der Waals surface area contributed by atoms with Crippen LogP contribution in [0.5, 0.6) is 0 Å². The van der Waals surface area contributed by atoms with Crippen LogP contribution in [0.4, 0.5) is 0 Å². The van der Waals surface area contributed by atoms with Crippen molar-refractivity contribution in [3.05, 3.63) is 28.2 Å². The lowest BCUT2D eigenvalue weighted by Gasteiger charge is -2.13. The van der Waals surface area contributed by atoms with Crippen LogP contribution in [0.3, 0.4) is 0 Å². The first kappa shape index (κ1) is 10.4. The Labute approximate surface area is 83.7 Å². The van der Waals surface area contributed by atoms with Crippen LogP contribution in [0, 0.1) is 6.92 Å². The molecule has 0 bridgehead atoms. The normalized spacial score (nSPS) is 12.8. The molecule has 0 spiro atoms. The maximum Gasteiger partial charge on any atom is 0.0897 e. The molecular weight excluding hydrogens is 180 g/mol. The molecule has 1 atom stereocenters. The van der Waals surface area contributed by atoms with Gasteiger partial charge >= 0.3 is 0 Å². The molecule has 2 nitrogen and oxygen atoms in total. The van der Waals surface area contributed by atoms with Gasteiger partial charge in [-0.3, -0.25) is 0 Å². The predicted octanol–water partition coefficient (Wildman–Crippen LogP) is 2.68. The fourth-order valence-corrected chi connectivity index (χ4v) is 2.13. The van der Waals surface area contributed by atoms with Crippen molar-refractivity contribution >= 4 is 11.3 Å². The number of aromatic nitrogens is 1. The topological polar surface area (TPSA) is 24.9 Å². The third-order valence-corrected chi connectivity index (χ3v) is 2.91. The Bertz CT molecular complexity index is 291. The summed E-state index contributed by atoms with van der Waals surface area (Å²) in [6, 6.07) is 0.378. The van der Waals surface area contributed by atoms with Gasteiger partial charge in [-0.25, -0.2) is 4.98 Å². The van der Waals surface area contributed by atoms with E-state index in [0.29, 0.717) is 6.04 Å². The zero-order valence-corrected chi connectivity index (χ0v) is 9.24. The van der Waals surface area contributed by atoms with Crippen molar-refractivity contribution in [2.24, 2.45) is 0 Å². The molecule has 0 saturated carbocycles. The van der Waals surface area contributed by atoms with Gasteiger partial charge in [0.25, 0.3) is 0 Å². The molecule has 0 aliphatic carbocycles. The summed E-state index contributed by atoms with van der Waals surface area (Å²) in [5, 5.41) is 4.39. The van der Waals surface area contributed by atoms with Gasteiger partial charge in [0.15, 0.2) is 0 Å². The number of aryl methyl sites for hydroxylation is 1. The highest BCUT2D eigenvalue weighted by atomic mass is 32.1. The Morgan fingerprint density at radius 1 is 1.77 bits per heavy atom. The summed E-state index contributed by atoms with van der Waals surface area (Å²) >= 11 is 1.75. The highest BCUT2D eigenvalue weighted by molar-refractivity contribution is 7.11. The van der Waals surface area contributed by atoms with E-state index < -0.39 is 0 Å². The molecular formula is C10H16N2S. The lowest BCUT2D eigenvalue weighted by molar-refractivity contribution is 0.599. The molecule has 0 amide bonds.